The molecule has 3 nitrogen and oxygen atoms in total. The summed E-state index contributed by atoms with van der Waals surface area (Å²) in [6.45, 7) is 2.00. The van der Waals surface area contributed by atoms with E-state index in [9.17, 15) is 18.3 Å². The Balaban J connectivity index is 1.34. The molecule has 2 aromatic carbocycles. The van der Waals surface area contributed by atoms with E-state index in [2.05, 4.69) is 4.90 Å². The van der Waals surface area contributed by atoms with E-state index in [0.717, 1.165) is 69.2 Å². The van der Waals surface area contributed by atoms with Gasteiger partial charge in [-0.15, -0.1) is 0 Å². The van der Waals surface area contributed by atoms with Crippen molar-refractivity contribution in [2.24, 2.45) is 0 Å². The fourth-order valence-corrected chi connectivity index (χ4v) is 5.36. The van der Waals surface area contributed by atoms with Gasteiger partial charge in [-0.05, 0) is 80.6 Å². The van der Waals surface area contributed by atoms with Crippen molar-refractivity contribution >= 4 is 11.6 Å². The molecule has 0 aromatic heterocycles. The third kappa shape index (κ3) is 5.67. The quantitative estimate of drug-likeness (QED) is 0.469. The highest BCUT2D eigenvalue weighted by Crippen LogP contribution is 2.47. The second-order valence-electron chi connectivity index (χ2n) is 9.34. The number of rotatable bonds is 8. The van der Waals surface area contributed by atoms with Gasteiger partial charge in [-0.1, -0.05) is 36.6 Å². The predicted octanol–water partition coefficient (Wildman–Crippen LogP) is 6.47. The third-order valence-corrected chi connectivity index (χ3v) is 7.61. The van der Waals surface area contributed by atoms with Gasteiger partial charge < -0.3 is 9.84 Å². The second-order valence-corrected chi connectivity index (χ2v) is 9.77. The maximum atomic E-state index is 12.7. The van der Waals surface area contributed by atoms with Gasteiger partial charge in [0, 0.05) is 23.0 Å². The monoisotopic (exact) mass is 481 g/mol. The van der Waals surface area contributed by atoms with Crippen LogP contribution in [-0.4, -0.2) is 41.8 Å². The molecule has 0 amide bonds. The number of benzene rings is 2. The normalized spacial score (nSPS) is 21.9. The van der Waals surface area contributed by atoms with Crippen LogP contribution in [0.2, 0.25) is 5.02 Å². The number of alkyl halides is 3. The van der Waals surface area contributed by atoms with Gasteiger partial charge in [0.1, 0.15) is 5.75 Å². The van der Waals surface area contributed by atoms with Gasteiger partial charge in [-0.3, -0.25) is 4.90 Å². The molecule has 2 fully saturated rings. The number of piperidine rings is 1. The van der Waals surface area contributed by atoms with Crippen LogP contribution in [0.25, 0.3) is 0 Å². The molecule has 2 aromatic rings. The van der Waals surface area contributed by atoms with Gasteiger partial charge in [-0.25, -0.2) is 0 Å². The summed E-state index contributed by atoms with van der Waals surface area (Å²) in [7, 11) is 0. The highest BCUT2D eigenvalue weighted by atomic mass is 35.5. The Hall–Kier alpha value is -1.76. The summed E-state index contributed by atoms with van der Waals surface area (Å²) < 4.78 is 43.9. The zero-order valence-electron chi connectivity index (χ0n) is 18.7. The molecule has 4 rings (SSSR count). The summed E-state index contributed by atoms with van der Waals surface area (Å²) in [4.78, 5) is 2.38. The van der Waals surface area contributed by atoms with E-state index < -0.39 is 17.8 Å². The Morgan fingerprint density at radius 2 is 1.73 bits per heavy atom. The number of aliphatic hydroxyl groups is 1. The number of likely N-dealkylation sites (tertiary alicyclic amines) is 1. The van der Waals surface area contributed by atoms with Crippen LogP contribution in [0.15, 0.2) is 48.5 Å². The van der Waals surface area contributed by atoms with E-state index in [-0.39, 0.29) is 5.41 Å². The molecule has 2 aliphatic rings. The molecule has 1 N–H and O–H groups in total. The molecule has 0 radical (unpaired) electrons. The van der Waals surface area contributed by atoms with Crippen molar-refractivity contribution in [2.75, 3.05) is 19.7 Å². The van der Waals surface area contributed by atoms with E-state index in [1.807, 2.05) is 24.3 Å². The molecule has 7 heteroatoms. The van der Waals surface area contributed by atoms with Crippen LogP contribution in [0.1, 0.15) is 56.1 Å². The number of halogens is 4. The summed E-state index contributed by atoms with van der Waals surface area (Å²) >= 11 is 6.07. The number of β-amino-alcohol motifs (C(OH)–C–C–N with tert-alkyl or cyclic N) is 1. The SMILES string of the molecule is O[C@H](CN1CCCCC1CCOc1ccc(C(F)(F)F)cc1)C1(c2ccc(Cl)cc2)CCC1. The van der Waals surface area contributed by atoms with Gasteiger partial charge in [0.15, 0.2) is 0 Å². The maximum absolute atomic E-state index is 12.7. The highest BCUT2D eigenvalue weighted by molar-refractivity contribution is 6.30. The lowest BCUT2D eigenvalue weighted by molar-refractivity contribution is -0.137. The van der Waals surface area contributed by atoms with E-state index in [4.69, 9.17) is 16.3 Å². The first-order chi connectivity index (χ1) is 15.8. The van der Waals surface area contributed by atoms with Crippen LogP contribution in [0, 0.1) is 0 Å². The first-order valence-electron chi connectivity index (χ1n) is 11.8. The Labute approximate surface area is 198 Å². The van der Waals surface area contributed by atoms with E-state index in [0.29, 0.717) is 30.0 Å². The molecule has 1 aliphatic carbocycles. The molecule has 2 atom stereocenters. The minimum absolute atomic E-state index is 0.205. The van der Waals surface area contributed by atoms with E-state index in [1.54, 1.807) is 0 Å². The summed E-state index contributed by atoms with van der Waals surface area (Å²) in [6, 6.07) is 13.0. The van der Waals surface area contributed by atoms with Crippen molar-refractivity contribution in [3.63, 3.8) is 0 Å². The average molecular weight is 482 g/mol. The molecular weight excluding hydrogens is 451 g/mol. The number of aliphatic hydroxyl groups excluding tert-OH is 1. The van der Waals surface area contributed by atoms with Gasteiger partial charge in [0.05, 0.1) is 18.3 Å². The molecule has 0 bridgehead atoms. The molecular formula is C26H31ClF3NO2. The van der Waals surface area contributed by atoms with Crippen molar-refractivity contribution in [1.29, 1.82) is 0 Å². The van der Waals surface area contributed by atoms with E-state index in [1.165, 1.54) is 12.1 Å². The number of nitrogens with zero attached hydrogens (tertiary/aromatic N) is 1. The average Bonchev–Trinajstić information content (AvgIpc) is 2.75. The van der Waals surface area contributed by atoms with Crippen LogP contribution in [-0.2, 0) is 11.6 Å². The number of hydrogen-bond donors (Lipinski definition) is 1. The largest absolute Gasteiger partial charge is 0.494 e. The first kappa shape index (κ1) is 24.4. The van der Waals surface area contributed by atoms with E-state index >= 15 is 0 Å². The van der Waals surface area contributed by atoms with Crippen LogP contribution in [0.5, 0.6) is 5.75 Å². The molecule has 1 unspecified atom stereocenters. The maximum Gasteiger partial charge on any atom is 0.416 e. The van der Waals surface area contributed by atoms with Gasteiger partial charge >= 0.3 is 6.18 Å². The fourth-order valence-electron chi connectivity index (χ4n) is 5.23. The number of ether oxygens (including phenoxy) is 1. The Bertz CT molecular complexity index is 897. The molecule has 1 saturated carbocycles. The molecule has 180 valence electrons. The standard InChI is InChI=1S/C26H31ClF3NO2/c27-21-9-5-19(6-10-21)25(14-3-15-25)24(32)18-31-16-2-1-4-22(31)13-17-33-23-11-7-20(8-12-23)26(28,29)30/h5-12,22,24,32H,1-4,13-18H2/t22?,24-/m1/s1. The van der Waals surface area contributed by atoms with Crippen LogP contribution >= 0.6 is 11.6 Å². The lowest BCUT2D eigenvalue weighted by Gasteiger charge is -2.48. The van der Waals surface area contributed by atoms with Gasteiger partial charge in [0.2, 0.25) is 0 Å². The third-order valence-electron chi connectivity index (χ3n) is 7.36. The molecule has 1 aliphatic heterocycles. The van der Waals surface area contributed by atoms with Crippen LogP contribution in [0.3, 0.4) is 0 Å². The van der Waals surface area contributed by atoms with Crippen molar-refractivity contribution in [3.8, 4) is 5.75 Å². The predicted molar refractivity (Wildman–Crippen MR) is 124 cm³/mol. The molecule has 0 spiro atoms. The zero-order valence-corrected chi connectivity index (χ0v) is 19.4. The van der Waals surface area contributed by atoms with Crippen molar-refractivity contribution in [3.05, 3.63) is 64.7 Å². The molecule has 1 saturated heterocycles. The van der Waals surface area contributed by atoms with Crippen molar-refractivity contribution in [1.82, 2.24) is 4.90 Å². The van der Waals surface area contributed by atoms with Gasteiger partial charge in [-0.2, -0.15) is 13.2 Å². The topological polar surface area (TPSA) is 32.7 Å². The van der Waals surface area contributed by atoms with Crippen LogP contribution < -0.4 is 4.74 Å². The summed E-state index contributed by atoms with van der Waals surface area (Å²) in [5, 5.41) is 12.0. The number of hydrogen-bond acceptors (Lipinski definition) is 3. The summed E-state index contributed by atoms with van der Waals surface area (Å²) in [5.74, 6) is 0.446. The van der Waals surface area contributed by atoms with Crippen molar-refractivity contribution < 1.29 is 23.0 Å². The minimum atomic E-state index is -4.34. The molecule has 33 heavy (non-hydrogen) atoms. The Morgan fingerprint density at radius 1 is 1.03 bits per heavy atom. The van der Waals surface area contributed by atoms with Crippen LogP contribution in [0.4, 0.5) is 13.2 Å². The minimum Gasteiger partial charge on any atom is -0.494 e. The molecule has 1 heterocycles. The van der Waals surface area contributed by atoms with Crippen molar-refractivity contribution in [2.45, 2.75) is 68.7 Å². The Kier molecular flexibility index (Phi) is 7.56. The lowest BCUT2D eigenvalue weighted by atomic mass is 9.61. The lowest BCUT2D eigenvalue weighted by Crippen LogP contribution is -2.53. The smallest absolute Gasteiger partial charge is 0.416 e. The summed E-state index contributed by atoms with van der Waals surface area (Å²) in [6.07, 6.45) is 2.34. The fraction of sp³-hybridized carbons (Fsp3) is 0.538. The second kappa shape index (κ2) is 10.2. The summed E-state index contributed by atoms with van der Waals surface area (Å²) in [5.41, 5.74) is 0.279. The van der Waals surface area contributed by atoms with Gasteiger partial charge in [0.25, 0.3) is 0 Å². The first-order valence-corrected chi connectivity index (χ1v) is 12.1. The highest BCUT2D eigenvalue weighted by Gasteiger charge is 2.45. The Morgan fingerprint density at radius 3 is 2.33 bits per heavy atom. The zero-order chi connectivity index (χ0) is 23.5.